The first-order valence-electron chi connectivity index (χ1n) is 6.59. The van der Waals surface area contributed by atoms with E-state index in [1.807, 2.05) is 24.3 Å². The number of aromatic amines is 1. The highest BCUT2D eigenvalue weighted by molar-refractivity contribution is 5.84. The van der Waals surface area contributed by atoms with Gasteiger partial charge in [-0.3, -0.25) is 10.1 Å². The molecule has 1 N–H and O–H groups in total. The summed E-state index contributed by atoms with van der Waals surface area (Å²) in [4.78, 5) is 13.7. The van der Waals surface area contributed by atoms with Gasteiger partial charge in [-0.15, -0.1) is 0 Å². The van der Waals surface area contributed by atoms with Crippen molar-refractivity contribution >= 4 is 10.9 Å². The largest absolute Gasteiger partial charge is 0.361 e. The number of rotatable bonds is 4. The average Bonchev–Trinajstić information content (AvgIpc) is 2.89. The molecule has 0 radical (unpaired) electrons. The molecule has 1 aromatic heterocycles. The van der Waals surface area contributed by atoms with E-state index < -0.39 is 16.7 Å². The summed E-state index contributed by atoms with van der Waals surface area (Å²) in [5, 5.41) is 11.9. The van der Waals surface area contributed by atoms with Crippen LogP contribution in [0, 0.1) is 15.9 Å². The Hall–Kier alpha value is -2.69. The van der Waals surface area contributed by atoms with Crippen LogP contribution in [0.2, 0.25) is 0 Å². The lowest BCUT2D eigenvalue weighted by atomic mass is 9.90. The molecule has 0 bridgehead atoms. The molecule has 0 unspecified atom stereocenters. The summed E-state index contributed by atoms with van der Waals surface area (Å²) >= 11 is 0. The quantitative estimate of drug-likeness (QED) is 0.586. The van der Waals surface area contributed by atoms with Crippen molar-refractivity contribution in [3.63, 3.8) is 0 Å². The molecule has 0 aliphatic heterocycles. The second-order valence-electron chi connectivity index (χ2n) is 4.88. The predicted octanol–water partition coefficient (Wildman–Crippen LogP) is 3.72. The van der Waals surface area contributed by atoms with E-state index in [0.717, 1.165) is 16.5 Å². The van der Waals surface area contributed by atoms with Gasteiger partial charge in [0.15, 0.2) is 0 Å². The third kappa shape index (κ3) is 2.50. The third-order valence-corrected chi connectivity index (χ3v) is 3.61. The van der Waals surface area contributed by atoms with Crippen LogP contribution in [0.25, 0.3) is 10.9 Å². The predicted molar refractivity (Wildman–Crippen MR) is 78.4 cm³/mol. The van der Waals surface area contributed by atoms with Gasteiger partial charge in [-0.05, 0) is 17.7 Å². The fourth-order valence-corrected chi connectivity index (χ4v) is 2.65. The lowest BCUT2D eigenvalue weighted by molar-refractivity contribution is -0.481. The Morgan fingerprint density at radius 2 is 1.81 bits per heavy atom. The minimum absolute atomic E-state index is 0.344. The summed E-state index contributed by atoms with van der Waals surface area (Å²) in [6.45, 7) is -0.344. The van der Waals surface area contributed by atoms with E-state index >= 15 is 0 Å². The van der Waals surface area contributed by atoms with Crippen LogP contribution in [-0.4, -0.2) is 16.5 Å². The van der Waals surface area contributed by atoms with E-state index in [1.165, 1.54) is 6.07 Å². The summed E-state index contributed by atoms with van der Waals surface area (Å²) in [5.41, 5.74) is 1.98. The smallest absolute Gasteiger partial charge is 0.214 e. The van der Waals surface area contributed by atoms with Gasteiger partial charge in [-0.1, -0.05) is 36.4 Å². The molecular formula is C16H13FN2O2. The van der Waals surface area contributed by atoms with Gasteiger partial charge in [0.1, 0.15) is 5.82 Å². The van der Waals surface area contributed by atoms with Crippen LogP contribution in [0.1, 0.15) is 17.0 Å². The minimum Gasteiger partial charge on any atom is -0.361 e. The van der Waals surface area contributed by atoms with Gasteiger partial charge >= 0.3 is 0 Å². The molecule has 21 heavy (non-hydrogen) atoms. The second kappa shape index (κ2) is 5.36. The first kappa shape index (κ1) is 13.3. The molecule has 1 heterocycles. The average molecular weight is 284 g/mol. The number of benzene rings is 2. The van der Waals surface area contributed by atoms with E-state index in [1.54, 1.807) is 24.4 Å². The van der Waals surface area contributed by atoms with E-state index in [-0.39, 0.29) is 6.54 Å². The number of hydrogen-bond donors (Lipinski definition) is 1. The number of nitrogens with one attached hydrogen (secondary N) is 1. The highest BCUT2D eigenvalue weighted by Gasteiger charge is 2.25. The van der Waals surface area contributed by atoms with Crippen LogP contribution in [0.5, 0.6) is 0 Å². The van der Waals surface area contributed by atoms with Crippen LogP contribution >= 0.6 is 0 Å². The Morgan fingerprint density at radius 3 is 2.57 bits per heavy atom. The molecular weight excluding hydrogens is 271 g/mol. The summed E-state index contributed by atoms with van der Waals surface area (Å²) in [6, 6.07) is 13.7. The Morgan fingerprint density at radius 1 is 1.10 bits per heavy atom. The molecule has 0 aliphatic rings. The molecule has 0 saturated heterocycles. The van der Waals surface area contributed by atoms with Crippen LogP contribution in [0.15, 0.2) is 54.7 Å². The van der Waals surface area contributed by atoms with Crippen molar-refractivity contribution in [1.29, 1.82) is 0 Å². The van der Waals surface area contributed by atoms with Gasteiger partial charge < -0.3 is 4.98 Å². The zero-order chi connectivity index (χ0) is 14.8. The van der Waals surface area contributed by atoms with E-state index in [4.69, 9.17) is 0 Å². The number of H-pyrrole nitrogens is 1. The Bertz CT molecular complexity index is 798. The van der Waals surface area contributed by atoms with Gasteiger partial charge in [0.05, 0.1) is 5.92 Å². The zero-order valence-electron chi connectivity index (χ0n) is 11.1. The first-order valence-corrected chi connectivity index (χ1v) is 6.59. The number of hydrogen-bond acceptors (Lipinski definition) is 2. The summed E-state index contributed by atoms with van der Waals surface area (Å²) in [6.07, 6.45) is 1.73. The number of aromatic nitrogens is 1. The summed E-state index contributed by atoms with van der Waals surface area (Å²) in [5.74, 6) is -1.04. The van der Waals surface area contributed by atoms with Crippen molar-refractivity contribution < 1.29 is 9.31 Å². The van der Waals surface area contributed by atoms with Gasteiger partial charge in [-0.25, -0.2) is 4.39 Å². The lowest BCUT2D eigenvalue weighted by Gasteiger charge is -2.13. The monoisotopic (exact) mass is 284 g/mol. The van der Waals surface area contributed by atoms with Gasteiger partial charge in [0, 0.05) is 27.6 Å². The van der Waals surface area contributed by atoms with E-state index in [9.17, 15) is 14.5 Å². The zero-order valence-corrected chi connectivity index (χ0v) is 11.1. The maximum atomic E-state index is 14.0. The summed E-state index contributed by atoms with van der Waals surface area (Å²) in [7, 11) is 0. The number of halogens is 1. The third-order valence-electron chi connectivity index (χ3n) is 3.61. The molecule has 0 amide bonds. The Kier molecular flexibility index (Phi) is 3.39. The fraction of sp³-hybridized carbons (Fsp3) is 0.125. The van der Waals surface area contributed by atoms with Crippen molar-refractivity contribution in [2.75, 3.05) is 6.54 Å². The molecule has 3 rings (SSSR count). The van der Waals surface area contributed by atoms with Crippen molar-refractivity contribution in [3.05, 3.63) is 81.8 Å². The van der Waals surface area contributed by atoms with Crippen LogP contribution < -0.4 is 0 Å². The van der Waals surface area contributed by atoms with Crippen molar-refractivity contribution in [3.8, 4) is 0 Å². The van der Waals surface area contributed by atoms with Crippen LogP contribution in [0.3, 0.4) is 0 Å². The van der Waals surface area contributed by atoms with Crippen molar-refractivity contribution in [2.24, 2.45) is 0 Å². The Labute approximate surface area is 120 Å². The van der Waals surface area contributed by atoms with Crippen LogP contribution in [-0.2, 0) is 0 Å². The van der Waals surface area contributed by atoms with Crippen LogP contribution in [0.4, 0.5) is 4.39 Å². The molecule has 2 aromatic carbocycles. The molecule has 0 saturated carbocycles. The molecule has 4 nitrogen and oxygen atoms in total. The number of nitro groups is 1. The molecule has 106 valence electrons. The maximum absolute atomic E-state index is 14.0. The maximum Gasteiger partial charge on any atom is 0.214 e. The SMILES string of the molecule is O=[N+]([O-])C[C@@H](c1ccccc1F)c1c[nH]c2ccccc12. The Balaban J connectivity index is 2.16. The highest BCUT2D eigenvalue weighted by Crippen LogP contribution is 2.32. The number of nitrogens with zero attached hydrogens (tertiary/aromatic N) is 1. The molecule has 5 heteroatoms. The first-order chi connectivity index (χ1) is 10.2. The standard InChI is InChI=1S/C16H13FN2O2/c17-15-7-3-1-5-11(15)14(10-19(20)21)13-9-18-16-8-4-2-6-12(13)16/h1-9,14,18H,10H2/t14-/m0/s1. The second-order valence-corrected chi connectivity index (χ2v) is 4.88. The molecule has 1 atom stereocenters. The van der Waals surface area contributed by atoms with Gasteiger partial charge in [-0.2, -0.15) is 0 Å². The van der Waals surface area contributed by atoms with E-state index in [0.29, 0.717) is 5.56 Å². The van der Waals surface area contributed by atoms with Crippen molar-refractivity contribution in [1.82, 2.24) is 4.98 Å². The molecule has 0 spiro atoms. The van der Waals surface area contributed by atoms with Gasteiger partial charge in [0.25, 0.3) is 0 Å². The normalized spacial score (nSPS) is 12.4. The molecule has 3 aromatic rings. The lowest BCUT2D eigenvalue weighted by Crippen LogP contribution is -2.15. The fourth-order valence-electron chi connectivity index (χ4n) is 2.65. The molecule has 0 fully saturated rings. The number of fused-ring (bicyclic) bond motifs is 1. The highest BCUT2D eigenvalue weighted by atomic mass is 19.1. The van der Waals surface area contributed by atoms with Gasteiger partial charge in [0.2, 0.25) is 6.54 Å². The van der Waals surface area contributed by atoms with E-state index in [2.05, 4.69) is 4.98 Å². The van der Waals surface area contributed by atoms with Crippen molar-refractivity contribution in [2.45, 2.75) is 5.92 Å². The minimum atomic E-state index is -0.614. The summed E-state index contributed by atoms with van der Waals surface area (Å²) < 4.78 is 14.0. The topological polar surface area (TPSA) is 58.9 Å². The molecule has 0 aliphatic carbocycles. The number of para-hydroxylation sites is 1.